The van der Waals surface area contributed by atoms with E-state index >= 15 is 0 Å². The Hall–Kier alpha value is -0.540. The van der Waals surface area contributed by atoms with Crippen molar-refractivity contribution in [3.8, 4) is 0 Å². The van der Waals surface area contributed by atoms with Gasteiger partial charge in [0.25, 0.3) is 0 Å². The normalized spacial score (nSPS) is 15.2. The van der Waals surface area contributed by atoms with Crippen LogP contribution in [0.5, 0.6) is 0 Å². The Labute approximate surface area is 77.7 Å². The van der Waals surface area contributed by atoms with Gasteiger partial charge in [-0.2, -0.15) is 0 Å². The number of hydrogen-bond donors (Lipinski definition) is 0. The fourth-order valence-corrected chi connectivity index (χ4v) is 2.37. The number of halogens is 1. The summed E-state index contributed by atoms with van der Waals surface area (Å²) < 4.78 is 15.5. The molecule has 0 heterocycles. The second-order valence-electron chi connectivity index (χ2n) is 2.42. The minimum atomic E-state index is -2.29. The van der Waals surface area contributed by atoms with Crippen LogP contribution in [0.3, 0.4) is 0 Å². The number of hydrogen-bond acceptors (Lipinski definition) is 2. The van der Waals surface area contributed by atoms with Gasteiger partial charge in [-0.05, 0) is 12.1 Å². The van der Waals surface area contributed by atoms with Crippen LogP contribution in [0.15, 0.2) is 33.5 Å². The van der Waals surface area contributed by atoms with Crippen LogP contribution in [0.4, 0.5) is 0 Å². The summed E-state index contributed by atoms with van der Waals surface area (Å²) in [5.41, 5.74) is 0. The van der Waals surface area contributed by atoms with Crippen molar-refractivity contribution in [1.82, 2.24) is 0 Å². The highest BCUT2D eigenvalue weighted by molar-refractivity contribution is 7.93. The second kappa shape index (κ2) is 3.46. The lowest BCUT2D eigenvalue weighted by molar-refractivity contribution is 0.680. The molecule has 1 aromatic carbocycles. The summed E-state index contributed by atoms with van der Waals surface area (Å²) in [6.07, 6.45) is 1.58. The van der Waals surface area contributed by atoms with Crippen LogP contribution in [0.1, 0.15) is 0 Å². The molecule has 4 heteroatoms. The largest absolute Gasteiger partial charge is 0.245 e. The van der Waals surface area contributed by atoms with Crippen LogP contribution in [-0.4, -0.2) is 17.5 Å². The van der Waals surface area contributed by atoms with Crippen molar-refractivity contribution in [2.45, 2.75) is 4.90 Å². The van der Waals surface area contributed by atoms with Gasteiger partial charge in [-0.25, -0.2) is 8.57 Å². The zero-order valence-corrected chi connectivity index (χ0v) is 8.52. The molecule has 0 aliphatic carbocycles. The summed E-state index contributed by atoms with van der Waals surface area (Å²) in [6, 6.07) is 7.05. The predicted molar refractivity (Wildman–Crippen MR) is 52.1 cm³/mol. The van der Waals surface area contributed by atoms with E-state index in [2.05, 4.69) is 4.36 Å². The maximum atomic E-state index is 11.7. The summed E-state index contributed by atoms with van der Waals surface area (Å²) in [6.45, 7) is 0. The highest BCUT2D eigenvalue weighted by atomic mass is 35.5. The predicted octanol–water partition coefficient (Wildman–Crippen LogP) is 2.43. The van der Waals surface area contributed by atoms with E-state index < -0.39 is 9.73 Å². The number of rotatable bonds is 1. The van der Waals surface area contributed by atoms with Crippen molar-refractivity contribution < 1.29 is 4.21 Å². The van der Waals surface area contributed by atoms with Crippen LogP contribution in [0.25, 0.3) is 0 Å². The van der Waals surface area contributed by atoms with Gasteiger partial charge in [0.1, 0.15) is 0 Å². The molecule has 0 amide bonds. The molecule has 0 N–H and O–H groups in total. The summed E-state index contributed by atoms with van der Waals surface area (Å²) in [7, 11) is -0.752. The van der Waals surface area contributed by atoms with Crippen molar-refractivity contribution in [2.75, 3.05) is 13.3 Å². The third kappa shape index (κ3) is 1.79. The summed E-state index contributed by atoms with van der Waals surface area (Å²) >= 11 is 5.85. The molecule has 0 bridgehead atoms. The zero-order chi connectivity index (χ0) is 9.19. The van der Waals surface area contributed by atoms with E-state index in [1.165, 1.54) is 7.05 Å². The number of nitrogens with zero attached hydrogens (tertiary/aromatic N) is 1. The van der Waals surface area contributed by atoms with Gasteiger partial charge >= 0.3 is 0 Å². The molecule has 0 saturated heterocycles. The lowest BCUT2D eigenvalue weighted by Gasteiger charge is -2.03. The molecule has 12 heavy (non-hydrogen) atoms. The van der Waals surface area contributed by atoms with Crippen LogP contribution in [-0.2, 0) is 9.73 Å². The molecular weight excluding hydrogens is 194 g/mol. The molecule has 2 nitrogen and oxygen atoms in total. The maximum Gasteiger partial charge on any atom is 0.0735 e. The van der Waals surface area contributed by atoms with Crippen LogP contribution < -0.4 is 0 Å². The fraction of sp³-hybridized carbons (Fsp3) is 0.250. The SMILES string of the molecule is CN=S(C)(=O)c1ccccc1Cl. The average Bonchev–Trinajstić information content (AvgIpc) is 2.05. The van der Waals surface area contributed by atoms with Gasteiger partial charge in [0.05, 0.1) is 19.6 Å². The molecule has 1 aromatic rings. The zero-order valence-electron chi connectivity index (χ0n) is 6.95. The van der Waals surface area contributed by atoms with Crippen LogP contribution >= 0.6 is 11.6 Å². The quantitative estimate of drug-likeness (QED) is 0.690. The lowest BCUT2D eigenvalue weighted by atomic mass is 10.4. The Balaban J connectivity index is 3.40. The highest BCUT2D eigenvalue weighted by Gasteiger charge is 2.07. The van der Waals surface area contributed by atoms with Crippen molar-refractivity contribution in [3.05, 3.63) is 29.3 Å². The average molecular weight is 204 g/mol. The topological polar surface area (TPSA) is 29.4 Å². The first-order valence-electron chi connectivity index (χ1n) is 3.43. The lowest BCUT2D eigenvalue weighted by Crippen LogP contribution is -1.97. The first-order valence-corrected chi connectivity index (χ1v) is 5.73. The molecule has 0 radical (unpaired) electrons. The first-order chi connectivity index (χ1) is 5.58. The van der Waals surface area contributed by atoms with Crippen molar-refractivity contribution in [2.24, 2.45) is 4.36 Å². The van der Waals surface area contributed by atoms with Gasteiger partial charge < -0.3 is 0 Å². The van der Waals surface area contributed by atoms with Gasteiger partial charge in [0.15, 0.2) is 0 Å². The molecule has 1 atom stereocenters. The van der Waals surface area contributed by atoms with Crippen molar-refractivity contribution in [3.63, 3.8) is 0 Å². The summed E-state index contributed by atoms with van der Waals surface area (Å²) in [4.78, 5) is 0.606. The molecule has 0 fully saturated rings. The van der Waals surface area contributed by atoms with E-state index in [0.29, 0.717) is 9.92 Å². The Bertz CT molecular complexity index is 394. The van der Waals surface area contributed by atoms with E-state index in [9.17, 15) is 4.21 Å². The monoisotopic (exact) mass is 203 g/mol. The molecule has 1 rings (SSSR count). The Morgan fingerprint density at radius 3 is 2.50 bits per heavy atom. The minimum absolute atomic E-state index is 0.510. The Morgan fingerprint density at radius 2 is 2.00 bits per heavy atom. The Kier molecular flexibility index (Phi) is 2.75. The summed E-state index contributed by atoms with van der Waals surface area (Å²) in [5, 5.41) is 0.510. The van der Waals surface area contributed by atoms with Gasteiger partial charge in [0, 0.05) is 13.3 Å². The molecule has 0 saturated carbocycles. The van der Waals surface area contributed by atoms with E-state index in [0.717, 1.165) is 0 Å². The third-order valence-electron chi connectivity index (χ3n) is 1.59. The third-order valence-corrected chi connectivity index (χ3v) is 3.90. The Morgan fingerprint density at radius 1 is 1.42 bits per heavy atom. The van der Waals surface area contributed by atoms with Gasteiger partial charge in [-0.15, -0.1) is 0 Å². The van der Waals surface area contributed by atoms with E-state index in [1.54, 1.807) is 30.5 Å². The van der Waals surface area contributed by atoms with Crippen molar-refractivity contribution >= 4 is 21.3 Å². The molecule has 1 unspecified atom stereocenters. The second-order valence-corrected chi connectivity index (χ2v) is 5.23. The number of benzene rings is 1. The van der Waals surface area contributed by atoms with Crippen LogP contribution in [0.2, 0.25) is 5.02 Å². The van der Waals surface area contributed by atoms with E-state index in [4.69, 9.17) is 11.6 Å². The maximum absolute atomic E-state index is 11.7. The van der Waals surface area contributed by atoms with Crippen molar-refractivity contribution in [1.29, 1.82) is 0 Å². The molecule has 0 aliphatic rings. The smallest absolute Gasteiger partial charge is 0.0735 e. The van der Waals surface area contributed by atoms with E-state index in [-0.39, 0.29) is 0 Å². The fourth-order valence-electron chi connectivity index (χ4n) is 0.850. The molecule has 0 aliphatic heterocycles. The molecule has 66 valence electrons. The molecule has 0 aromatic heterocycles. The molecule has 0 spiro atoms. The van der Waals surface area contributed by atoms with Gasteiger partial charge in [-0.3, -0.25) is 0 Å². The standard InChI is InChI=1S/C8H10ClNOS/c1-10-12(2,11)8-6-4-3-5-7(8)9/h3-6H,1-2H3. The highest BCUT2D eigenvalue weighted by Crippen LogP contribution is 2.21. The van der Waals surface area contributed by atoms with Crippen LogP contribution in [0, 0.1) is 0 Å². The first kappa shape index (κ1) is 9.55. The van der Waals surface area contributed by atoms with Gasteiger partial charge in [0.2, 0.25) is 0 Å². The van der Waals surface area contributed by atoms with E-state index in [1.807, 2.05) is 0 Å². The summed E-state index contributed by atoms with van der Waals surface area (Å²) in [5.74, 6) is 0. The molecular formula is C8H10ClNOS. The van der Waals surface area contributed by atoms with Gasteiger partial charge in [-0.1, -0.05) is 23.7 Å². The minimum Gasteiger partial charge on any atom is -0.245 e.